The molecule has 0 heterocycles. The monoisotopic (exact) mass is 553 g/mol. The zero-order valence-corrected chi connectivity index (χ0v) is 25.3. The molecule has 0 amide bonds. The molecule has 0 saturated carbocycles. The normalized spacial score (nSPS) is 13.3. The third-order valence-corrected chi connectivity index (χ3v) is 7.77. The van der Waals surface area contributed by atoms with Gasteiger partial charge in [-0.25, -0.2) is 4.57 Å². The lowest BCUT2D eigenvalue weighted by Crippen LogP contribution is -2.37. The minimum Gasteiger partial charge on any atom is -0.329 e. The average Bonchev–Trinajstić information content (AvgIpc) is 2.85. The Morgan fingerprint density at radius 1 is 0.763 bits per heavy atom. The minimum absolute atomic E-state index is 0.219. The number of hydrogen-bond acceptors (Lipinski definition) is 4. The second-order valence-electron chi connectivity index (χ2n) is 11.4. The zero-order valence-electron chi connectivity index (χ0n) is 24.4. The Bertz CT molecular complexity index is 825. The van der Waals surface area contributed by atoms with E-state index >= 15 is 0 Å². The van der Waals surface area contributed by atoms with E-state index in [1.165, 1.54) is 77.0 Å². The Morgan fingerprint density at radius 3 is 1.71 bits per heavy atom. The first kappa shape index (κ1) is 34.6. The summed E-state index contributed by atoms with van der Waals surface area (Å²) in [5, 5.41) is 3.78. The van der Waals surface area contributed by atoms with Crippen molar-refractivity contribution in [2.45, 2.75) is 109 Å². The van der Waals surface area contributed by atoms with Crippen LogP contribution in [0.15, 0.2) is 29.4 Å². The van der Waals surface area contributed by atoms with Gasteiger partial charge in [-0.3, -0.25) is 9.05 Å². The van der Waals surface area contributed by atoms with Crippen molar-refractivity contribution in [2.24, 2.45) is 5.11 Å². The molecule has 0 fully saturated rings. The number of quaternary nitrogens is 1. The van der Waals surface area contributed by atoms with Gasteiger partial charge in [0.2, 0.25) is 0 Å². The molecule has 0 radical (unpaired) electrons. The summed E-state index contributed by atoms with van der Waals surface area (Å²) in [5.41, 5.74) is 10.6. The number of benzene rings is 1. The second-order valence-corrected chi connectivity index (χ2v) is 12.8. The Morgan fingerprint density at radius 2 is 1.21 bits per heavy atom. The van der Waals surface area contributed by atoms with E-state index in [-0.39, 0.29) is 13.2 Å². The van der Waals surface area contributed by atoms with E-state index in [1.807, 2.05) is 39.3 Å². The molecule has 8 nitrogen and oxygen atoms in total. The summed E-state index contributed by atoms with van der Waals surface area (Å²) in [6, 6.07) is 7.88. The molecule has 0 aromatic heterocycles. The first-order valence-electron chi connectivity index (χ1n) is 14.8. The van der Waals surface area contributed by atoms with E-state index in [0.29, 0.717) is 11.0 Å². The maximum Gasteiger partial charge on any atom is 0.472 e. The van der Waals surface area contributed by atoms with Crippen LogP contribution in [0.2, 0.25) is 0 Å². The molecule has 1 atom stereocenters. The molecule has 9 heteroatoms. The number of nitrogens with zero attached hydrogens (tertiary/aromatic N) is 4. The van der Waals surface area contributed by atoms with Crippen LogP contribution in [0.25, 0.3) is 10.4 Å². The van der Waals surface area contributed by atoms with Crippen LogP contribution in [0.3, 0.4) is 0 Å². The maximum atomic E-state index is 11.8. The van der Waals surface area contributed by atoms with Crippen molar-refractivity contribution < 1.29 is 23.0 Å². The molecule has 0 spiro atoms. The van der Waals surface area contributed by atoms with Crippen molar-refractivity contribution in [3.63, 3.8) is 0 Å². The molecule has 218 valence electrons. The molecular weight excluding hydrogens is 499 g/mol. The summed E-state index contributed by atoms with van der Waals surface area (Å²) in [7, 11) is 2.13. The molecule has 0 aliphatic heterocycles. The van der Waals surface area contributed by atoms with Crippen molar-refractivity contribution in [1.82, 2.24) is 0 Å². The van der Waals surface area contributed by atoms with Crippen LogP contribution in [-0.4, -0.2) is 50.3 Å². The fourth-order valence-electron chi connectivity index (χ4n) is 4.41. The lowest BCUT2D eigenvalue weighted by Gasteiger charge is -2.24. The smallest absolute Gasteiger partial charge is 0.329 e. The van der Waals surface area contributed by atoms with Crippen molar-refractivity contribution >= 4 is 13.5 Å². The predicted molar refractivity (Wildman–Crippen MR) is 157 cm³/mol. The summed E-state index contributed by atoms with van der Waals surface area (Å²) >= 11 is 0. The Labute approximate surface area is 231 Å². The van der Waals surface area contributed by atoms with Gasteiger partial charge in [0, 0.05) is 10.6 Å². The minimum atomic E-state index is -3.91. The lowest BCUT2D eigenvalue weighted by molar-refractivity contribution is -0.870. The quantitative estimate of drug-likeness (QED) is 0.0325. The number of unbranched alkanes of at least 4 members (excludes halogenated alkanes) is 15. The Kier molecular flexibility index (Phi) is 19.5. The van der Waals surface area contributed by atoms with Gasteiger partial charge in [0.05, 0.1) is 27.7 Å². The van der Waals surface area contributed by atoms with Crippen molar-refractivity contribution in [2.75, 3.05) is 40.9 Å². The number of phosphoric ester groups is 1. The van der Waals surface area contributed by atoms with Crippen molar-refractivity contribution in [3.8, 4) is 0 Å². The van der Waals surface area contributed by atoms with Crippen LogP contribution >= 0.6 is 7.82 Å². The van der Waals surface area contributed by atoms with Crippen LogP contribution in [0.1, 0.15) is 108 Å². The number of hydrogen-bond donors (Lipinski definition) is 1. The number of phosphoric acid groups is 1. The van der Waals surface area contributed by atoms with E-state index < -0.39 is 7.82 Å². The standard InChI is InChI=1S/C29H53N4O4P/c1-33(2,3)25-27-37-38(34,35)36-26-21-17-15-13-11-9-7-5-4-6-8-10-12-14-16-18-22-28-23-19-20-24-29(28)31-32-30/h19-20,23-24H,4-18,21-22,25-27H2,1-3H3/p+1. The molecule has 0 aliphatic rings. The van der Waals surface area contributed by atoms with Gasteiger partial charge < -0.3 is 9.38 Å². The third-order valence-electron chi connectivity index (χ3n) is 6.76. The van der Waals surface area contributed by atoms with E-state index in [1.54, 1.807) is 0 Å². The van der Waals surface area contributed by atoms with Crippen molar-refractivity contribution in [1.29, 1.82) is 0 Å². The van der Waals surface area contributed by atoms with Crippen LogP contribution in [0, 0.1) is 0 Å². The predicted octanol–water partition coefficient (Wildman–Crippen LogP) is 9.25. The summed E-state index contributed by atoms with van der Waals surface area (Å²) in [4.78, 5) is 12.6. The summed E-state index contributed by atoms with van der Waals surface area (Å²) in [6.45, 7) is 1.16. The SMILES string of the molecule is C[N+](C)(C)CCOP(=O)(O)OCCCCCCCCCCCCCCCCCCc1ccccc1N=[N+]=[N-]. The molecule has 0 saturated heterocycles. The second kappa shape index (κ2) is 21.4. The van der Waals surface area contributed by atoms with E-state index in [0.717, 1.165) is 43.4 Å². The third kappa shape index (κ3) is 20.5. The highest BCUT2D eigenvalue weighted by Gasteiger charge is 2.21. The number of rotatable bonds is 25. The highest BCUT2D eigenvalue weighted by atomic mass is 31.2. The van der Waals surface area contributed by atoms with Gasteiger partial charge in [0.1, 0.15) is 13.2 Å². The van der Waals surface area contributed by atoms with Crippen LogP contribution < -0.4 is 0 Å². The van der Waals surface area contributed by atoms with Gasteiger partial charge in [-0.1, -0.05) is 119 Å². The van der Waals surface area contributed by atoms with E-state index in [9.17, 15) is 9.46 Å². The summed E-state index contributed by atoms with van der Waals surface area (Å²) in [5.74, 6) is 0. The lowest BCUT2D eigenvalue weighted by atomic mass is 10.0. The van der Waals surface area contributed by atoms with Gasteiger partial charge in [-0.05, 0) is 30.4 Å². The Balaban J connectivity index is 1.81. The molecule has 0 bridgehead atoms. The fourth-order valence-corrected chi connectivity index (χ4v) is 5.15. The molecule has 1 N–H and O–H groups in total. The van der Waals surface area contributed by atoms with E-state index in [4.69, 9.17) is 14.6 Å². The zero-order chi connectivity index (χ0) is 28.0. The Hall–Kier alpha value is -1.40. The van der Waals surface area contributed by atoms with Crippen LogP contribution in [-0.2, 0) is 20.0 Å². The molecule has 1 aromatic rings. The fraction of sp³-hybridized carbons (Fsp3) is 0.793. The topological polar surface area (TPSA) is 105 Å². The molecule has 38 heavy (non-hydrogen) atoms. The first-order chi connectivity index (χ1) is 18.2. The molecule has 1 unspecified atom stereocenters. The summed E-state index contributed by atoms with van der Waals surface area (Å²) < 4.78 is 22.6. The van der Waals surface area contributed by atoms with Gasteiger partial charge in [0.15, 0.2) is 0 Å². The molecule has 1 rings (SSSR count). The van der Waals surface area contributed by atoms with Gasteiger partial charge in [-0.2, -0.15) is 0 Å². The first-order valence-corrected chi connectivity index (χ1v) is 16.3. The number of azide groups is 1. The molecular formula is C29H54N4O4P+. The number of likely N-dealkylation sites (N-methyl/N-ethyl adjacent to an activating group) is 1. The summed E-state index contributed by atoms with van der Waals surface area (Å²) in [6.07, 6.45) is 20.9. The van der Waals surface area contributed by atoms with Gasteiger partial charge >= 0.3 is 7.82 Å². The van der Waals surface area contributed by atoms with Crippen LogP contribution in [0.4, 0.5) is 5.69 Å². The maximum absolute atomic E-state index is 11.8. The van der Waals surface area contributed by atoms with Gasteiger partial charge in [-0.15, -0.1) is 0 Å². The molecule has 1 aromatic carbocycles. The highest BCUT2D eigenvalue weighted by Crippen LogP contribution is 2.43. The average molecular weight is 554 g/mol. The molecule has 0 aliphatic carbocycles. The number of aryl methyl sites for hydroxylation is 1. The van der Waals surface area contributed by atoms with E-state index in [2.05, 4.69) is 16.1 Å². The van der Waals surface area contributed by atoms with Crippen LogP contribution in [0.5, 0.6) is 0 Å². The highest BCUT2D eigenvalue weighted by molar-refractivity contribution is 7.47. The van der Waals surface area contributed by atoms with Crippen molar-refractivity contribution in [3.05, 3.63) is 40.3 Å². The van der Waals surface area contributed by atoms with Gasteiger partial charge in [0.25, 0.3) is 0 Å². The largest absolute Gasteiger partial charge is 0.472 e.